The Hall–Kier alpha value is -1.46. The number of halogens is 1. The predicted octanol–water partition coefficient (Wildman–Crippen LogP) is 3.65. The third kappa shape index (κ3) is 5.52. The summed E-state index contributed by atoms with van der Waals surface area (Å²) in [4.78, 5) is 11.8. The van der Waals surface area contributed by atoms with Gasteiger partial charge in [0.2, 0.25) is 0 Å². The molecule has 1 aromatic rings. The highest BCUT2D eigenvalue weighted by Crippen LogP contribution is 2.30. The van der Waals surface area contributed by atoms with Crippen molar-refractivity contribution >= 4 is 23.3 Å². The molecule has 2 amide bonds. The number of anilines is 1. The monoisotopic (exact) mass is 412 g/mol. The fraction of sp³-hybridized carbons (Fsp3) is 0.667. The molecular weight excluding hydrogens is 360 g/mol. The van der Waals surface area contributed by atoms with Crippen molar-refractivity contribution in [1.82, 2.24) is 15.5 Å². The van der Waals surface area contributed by atoms with E-state index in [9.17, 15) is 4.79 Å². The molecular formula is C21H33ClN4O. The van der Waals surface area contributed by atoms with Crippen LogP contribution in [0.4, 0.5) is 10.5 Å². The summed E-state index contributed by atoms with van der Waals surface area (Å²) in [5.41, 5.74) is -0.223. The summed E-state index contributed by atoms with van der Waals surface area (Å²) in [6.45, 7) is -15.5. The molecule has 6 heteroatoms. The lowest BCUT2D eigenvalue weighted by Gasteiger charge is -2.37. The summed E-state index contributed by atoms with van der Waals surface area (Å²) in [6, 6.07) is -1.50. The molecule has 0 radical (unpaired) electrons. The minimum absolute atomic E-state index is 0.0766. The molecule has 1 saturated heterocycles. The largest absolute Gasteiger partial charge is 0.368 e. The van der Waals surface area contributed by atoms with Crippen LogP contribution >= 0.6 is 11.6 Å². The number of piperazine rings is 1. The standard InChI is InChI=1S/C21H33ClN4O/c1-16-4-3-5-19(20(16)22)26-14-12-25(13-15-26)11-10-17-6-8-18(9-7-17)24-21(27)23-2/h3-5,17-18H,6-15H2,1-2H3,(H2,23,24,27)/t17-,18-/i6D2,7D2,8D2,9D2,10D2,12D2,13D2,14D2,15D2,17D,18D. The van der Waals surface area contributed by atoms with Crippen molar-refractivity contribution in [3.8, 4) is 0 Å². The van der Waals surface area contributed by atoms with Gasteiger partial charge in [-0.05, 0) is 62.9 Å². The van der Waals surface area contributed by atoms with Gasteiger partial charge in [0.25, 0.3) is 0 Å². The second kappa shape index (κ2) is 9.65. The normalized spacial score (nSPS) is 55.7. The Balaban J connectivity index is 2.31. The lowest BCUT2D eigenvalue weighted by atomic mass is 9.84. The SMILES string of the molecule is [2H]C1([2H])N(CC([2H])([2H])[C@]2([2H])C([2H])([2H])C([2H])([2H])[C@@]([2H])(NC(=O)NC)C([2H])([2H])C2([2H])[2H])C([2H])([2H])C([2H])([2H])N(c2cccc(C)c2Cl)C1([2H])[2H]. The summed E-state index contributed by atoms with van der Waals surface area (Å²) in [5, 5.41) is 3.12. The average Bonchev–Trinajstić information content (AvgIpc) is 2.91. The van der Waals surface area contributed by atoms with Crippen LogP contribution in [0.3, 0.4) is 0 Å². The van der Waals surface area contributed by atoms with Gasteiger partial charge in [0.15, 0.2) is 0 Å². The fourth-order valence-electron chi connectivity index (χ4n) is 2.08. The minimum Gasteiger partial charge on any atom is -0.368 e. The van der Waals surface area contributed by atoms with Crippen LogP contribution in [-0.4, -0.2) is 56.5 Å². The van der Waals surface area contributed by atoms with Gasteiger partial charge in [-0.1, -0.05) is 23.7 Å². The Bertz CT molecular complexity index is 1380. The Kier molecular flexibility index (Phi) is 2.43. The van der Waals surface area contributed by atoms with E-state index in [2.05, 4.69) is 0 Å². The van der Waals surface area contributed by atoms with Crippen LogP contribution in [-0.2, 0) is 0 Å². The minimum atomic E-state index is -4.38. The van der Waals surface area contributed by atoms with Crippen molar-refractivity contribution in [3.05, 3.63) is 28.8 Å². The molecule has 0 atom stereocenters. The number of carbonyl (C=O) groups is 1. The van der Waals surface area contributed by atoms with Gasteiger partial charge in [-0.2, -0.15) is 0 Å². The van der Waals surface area contributed by atoms with Crippen molar-refractivity contribution in [3.63, 3.8) is 0 Å². The van der Waals surface area contributed by atoms with E-state index in [1.807, 2.05) is 5.32 Å². The molecule has 2 N–H and O–H groups in total. The smallest absolute Gasteiger partial charge is 0.314 e. The van der Waals surface area contributed by atoms with Gasteiger partial charge in [0.05, 0.1) is 17.6 Å². The number of aryl methyl sites for hydroxylation is 1. The molecule has 3 rings (SSSR count). The molecule has 1 aliphatic heterocycles. The lowest BCUT2D eigenvalue weighted by molar-refractivity contribution is 0.206. The molecule has 1 saturated carbocycles. The van der Waals surface area contributed by atoms with Gasteiger partial charge in [0, 0.05) is 59.6 Å². The third-order valence-electron chi connectivity index (χ3n) is 3.51. The van der Waals surface area contributed by atoms with Crippen LogP contribution in [0.15, 0.2) is 18.2 Å². The van der Waals surface area contributed by atoms with Crippen molar-refractivity contribution in [2.75, 3.05) is 44.5 Å². The summed E-state index contributed by atoms with van der Waals surface area (Å²) in [7, 11) is 0.967. The molecule has 2 aliphatic rings. The molecule has 0 spiro atoms. The Morgan fingerprint density at radius 1 is 1.30 bits per heavy atom. The zero-order valence-electron chi connectivity index (χ0n) is 34.6. The number of amides is 2. The first kappa shape index (κ1) is 6.81. The second-order valence-electron chi connectivity index (χ2n) is 5.41. The lowest BCUT2D eigenvalue weighted by Crippen LogP contribution is -2.47. The quantitative estimate of drug-likeness (QED) is 0.775. The molecule has 1 aromatic carbocycles. The molecule has 0 unspecified atom stereocenters. The van der Waals surface area contributed by atoms with Crippen molar-refractivity contribution in [1.29, 1.82) is 0 Å². The highest BCUT2D eigenvalue weighted by Gasteiger charge is 2.24. The molecule has 0 aromatic heterocycles. The van der Waals surface area contributed by atoms with E-state index in [1.54, 1.807) is 0 Å². The number of hydrogen-bond donors (Lipinski definition) is 2. The second-order valence-corrected chi connectivity index (χ2v) is 5.79. The molecule has 5 nitrogen and oxygen atoms in total. The van der Waals surface area contributed by atoms with Crippen LogP contribution < -0.4 is 15.5 Å². The van der Waals surface area contributed by atoms with Crippen molar-refractivity contribution < 1.29 is 32.2 Å². The van der Waals surface area contributed by atoms with Crippen LogP contribution in [0.1, 0.15) is 64.8 Å². The van der Waals surface area contributed by atoms with Gasteiger partial charge in [-0.15, -0.1) is 0 Å². The summed E-state index contributed by atoms with van der Waals surface area (Å²) < 4.78 is 172. The van der Waals surface area contributed by atoms with Crippen LogP contribution in [0.25, 0.3) is 0 Å². The first-order chi connectivity index (χ1) is 20.6. The Morgan fingerprint density at radius 3 is 2.67 bits per heavy atom. The molecule has 2 fully saturated rings. The number of rotatable bonds is 5. The zero-order chi connectivity index (χ0) is 37.2. The number of benzene rings is 1. The Morgan fingerprint density at radius 2 is 2.00 bits per heavy atom. The maximum Gasteiger partial charge on any atom is 0.314 e. The predicted molar refractivity (Wildman–Crippen MR) is 113 cm³/mol. The Labute approximate surface area is 196 Å². The van der Waals surface area contributed by atoms with Crippen LogP contribution in [0.5, 0.6) is 0 Å². The summed E-state index contributed by atoms with van der Waals surface area (Å²) >= 11 is 6.29. The maximum absolute atomic E-state index is 12.1. The molecule has 1 aliphatic carbocycles. The molecule has 0 bridgehead atoms. The number of nitrogens with one attached hydrogen (secondary N) is 2. The zero-order valence-corrected chi connectivity index (χ0v) is 15.4. The van der Waals surface area contributed by atoms with E-state index in [1.165, 1.54) is 24.4 Å². The number of carbonyl (C=O) groups excluding carboxylic acids is 1. The number of urea groups is 1. The highest BCUT2D eigenvalue weighted by atomic mass is 35.5. The van der Waals surface area contributed by atoms with E-state index >= 15 is 0 Å². The van der Waals surface area contributed by atoms with E-state index in [4.69, 9.17) is 39.0 Å². The van der Waals surface area contributed by atoms with Gasteiger partial charge < -0.3 is 15.5 Å². The molecule has 1 heterocycles. The first-order valence-electron chi connectivity index (χ1n) is 17.9. The maximum atomic E-state index is 12.1. The van der Waals surface area contributed by atoms with E-state index < -0.39 is 88.0 Å². The van der Waals surface area contributed by atoms with Gasteiger partial charge >= 0.3 is 6.03 Å². The van der Waals surface area contributed by atoms with Crippen molar-refractivity contribution in [2.24, 2.45) is 5.89 Å². The van der Waals surface area contributed by atoms with E-state index in [0.29, 0.717) is 0 Å². The van der Waals surface area contributed by atoms with Gasteiger partial charge in [0.1, 0.15) is 0 Å². The first-order valence-corrected chi connectivity index (χ1v) is 8.30. The van der Waals surface area contributed by atoms with Crippen LogP contribution in [0, 0.1) is 12.8 Å². The fourth-order valence-corrected chi connectivity index (χ4v) is 2.29. The summed E-state index contributed by atoms with van der Waals surface area (Å²) in [5.74, 6) is -4.38. The van der Waals surface area contributed by atoms with Gasteiger partial charge in [-0.25, -0.2) is 4.79 Å². The topological polar surface area (TPSA) is 47.6 Å². The average molecular weight is 413 g/mol. The molecule has 27 heavy (non-hydrogen) atoms. The van der Waals surface area contributed by atoms with Crippen molar-refractivity contribution in [2.45, 2.75) is 44.8 Å². The van der Waals surface area contributed by atoms with Gasteiger partial charge in [-0.3, -0.25) is 4.90 Å². The highest BCUT2D eigenvalue weighted by molar-refractivity contribution is 6.34. The number of hydrogen-bond acceptors (Lipinski definition) is 3. The molecule has 150 valence electrons. The third-order valence-corrected chi connectivity index (χ3v) is 4.00. The van der Waals surface area contributed by atoms with E-state index in [0.717, 1.165) is 13.1 Å². The summed E-state index contributed by atoms with van der Waals surface area (Å²) in [6.07, 6.45) is -21.0. The van der Waals surface area contributed by atoms with Crippen LogP contribution in [0.2, 0.25) is 5.02 Å². The number of nitrogens with zero attached hydrogens (tertiary/aromatic N) is 2. The van der Waals surface area contributed by atoms with E-state index in [-0.39, 0.29) is 20.4 Å².